The highest BCUT2D eigenvalue weighted by atomic mass is 19.1. The molecule has 1 rings (SSSR count). The van der Waals surface area contributed by atoms with Crippen LogP contribution >= 0.6 is 0 Å². The maximum Gasteiger partial charge on any atom is 0.343 e. The van der Waals surface area contributed by atoms with Gasteiger partial charge in [0.15, 0.2) is 0 Å². The number of amides is 1. The zero-order valence-corrected chi connectivity index (χ0v) is 9.57. The lowest BCUT2D eigenvalue weighted by atomic mass is 10.1. The van der Waals surface area contributed by atoms with Crippen LogP contribution < -0.4 is 5.73 Å². The third kappa shape index (κ3) is 3.38. The third-order valence-corrected chi connectivity index (χ3v) is 2.08. The average molecular weight is 255 g/mol. The number of halogens is 2. The fourth-order valence-electron chi connectivity index (χ4n) is 1.30. The lowest BCUT2D eigenvalue weighted by molar-refractivity contribution is -0.117. The molecule has 0 aliphatic carbocycles. The van der Waals surface area contributed by atoms with E-state index in [1.54, 1.807) is 0 Å². The minimum absolute atomic E-state index is 0.0397. The van der Waals surface area contributed by atoms with Crippen LogP contribution in [0.4, 0.5) is 8.78 Å². The summed E-state index contributed by atoms with van der Waals surface area (Å²) in [5.41, 5.74) is 4.33. The molecule has 1 amide bonds. The van der Waals surface area contributed by atoms with E-state index >= 15 is 0 Å². The Balaban J connectivity index is 3.03. The molecule has 0 fully saturated rings. The highest BCUT2D eigenvalue weighted by Gasteiger charge is 2.18. The molecular formula is C12H11F2NO3. The van der Waals surface area contributed by atoms with Gasteiger partial charge in [0.25, 0.3) is 0 Å². The van der Waals surface area contributed by atoms with E-state index in [4.69, 9.17) is 5.73 Å². The van der Waals surface area contributed by atoms with Gasteiger partial charge in [-0.1, -0.05) is 12.2 Å². The van der Waals surface area contributed by atoms with Crippen LogP contribution in [0.5, 0.6) is 0 Å². The number of esters is 1. The molecule has 0 aromatic heterocycles. The van der Waals surface area contributed by atoms with Crippen molar-refractivity contribution >= 4 is 18.0 Å². The van der Waals surface area contributed by atoms with Gasteiger partial charge in [-0.05, 0) is 17.7 Å². The molecule has 0 spiro atoms. The molecule has 0 radical (unpaired) electrons. The topological polar surface area (TPSA) is 69.4 Å². The molecule has 2 N–H and O–H groups in total. The predicted molar refractivity (Wildman–Crippen MR) is 60.5 cm³/mol. The second-order valence-corrected chi connectivity index (χ2v) is 3.42. The van der Waals surface area contributed by atoms with E-state index in [1.165, 1.54) is 12.2 Å². The summed E-state index contributed by atoms with van der Waals surface area (Å²) in [6.45, 7) is 0. The number of hydrogen-bond donors (Lipinski definition) is 1. The number of benzene rings is 1. The third-order valence-electron chi connectivity index (χ3n) is 2.08. The monoisotopic (exact) mass is 255 g/mol. The van der Waals surface area contributed by atoms with Crippen LogP contribution in [0.15, 0.2) is 18.2 Å². The minimum atomic E-state index is -1.09. The van der Waals surface area contributed by atoms with Crippen molar-refractivity contribution in [2.45, 2.75) is 6.42 Å². The zero-order chi connectivity index (χ0) is 13.7. The summed E-state index contributed by atoms with van der Waals surface area (Å²) in [6, 6.07) is 1.93. The van der Waals surface area contributed by atoms with Gasteiger partial charge in [-0.25, -0.2) is 13.6 Å². The fraction of sp³-hybridized carbons (Fsp3) is 0.167. The maximum atomic E-state index is 13.5. The van der Waals surface area contributed by atoms with Crippen LogP contribution in [0.3, 0.4) is 0 Å². The van der Waals surface area contributed by atoms with Crippen LogP contribution in [0.25, 0.3) is 6.08 Å². The fourth-order valence-corrected chi connectivity index (χ4v) is 1.30. The number of methoxy groups -OCH3 is 1. The molecule has 0 atom stereocenters. The Morgan fingerprint density at radius 2 is 1.89 bits per heavy atom. The number of nitrogens with two attached hydrogens (primary N) is 1. The molecule has 0 unspecified atom stereocenters. The van der Waals surface area contributed by atoms with Crippen LogP contribution in [-0.2, 0) is 9.53 Å². The average Bonchev–Trinajstić information content (AvgIpc) is 2.27. The van der Waals surface area contributed by atoms with E-state index in [0.717, 1.165) is 19.2 Å². The van der Waals surface area contributed by atoms with Crippen molar-refractivity contribution in [1.82, 2.24) is 0 Å². The normalized spacial score (nSPS) is 10.6. The van der Waals surface area contributed by atoms with Crippen molar-refractivity contribution in [1.29, 1.82) is 0 Å². The molecule has 4 nitrogen and oxygen atoms in total. The predicted octanol–water partition coefficient (Wildman–Crippen LogP) is 1.64. The molecule has 0 aliphatic heterocycles. The van der Waals surface area contributed by atoms with Gasteiger partial charge in [0.1, 0.15) is 17.2 Å². The summed E-state index contributed by atoms with van der Waals surface area (Å²) in [5.74, 6) is -3.70. The standard InChI is InChI=1S/C12H11F2NO3/c1-18-12(17)11-8(13)5-7(6-9(11)14)3-2-4-10(15)16/h2-3,5-6H,4H2,1H3,(H2,15,16). The maximum absolute atomic E-state index is 13.5. The second-order valence-electron chi connectivity index (χ2n) is 3.42. The Morgan fingerprint density at radius 1 is 1.33 bits per heavy atom. The first kappa shape index (κ1) is 13.8. The van der Waals surface area contributed by atoms with Crippen molar-refractivity contribution in [2.24, 2.45) is 5.73 Å². The Bertz CT molecular complexity index is 489. The van der Waals surface area contributed by atoms with E-state index in [0.29, 0.717) is 0 Å². The lowest BCUT2D eigenvalue weighted by Crippen LogP contribution is -2.08. The SMILES string of the molecule is COC(=O)c1c(F)cc(C=CCC(N)=O)cc1F. The smallest absolute Gasteiger partial charge is 0.343 e. The number of carbonyl (C=O) groups is 2. The molecule has 0 bridgehead atoms. The van der Waals surface area contributed by atoms with Crippen molar-refractivity contribution in [3.05, 3.63) is 41.0 Å². The van der Waals surface area contributed by atoms with Gasteiger partial charge in [0, 0.05) is 6.42 Å². The summed E-state index contributed by atoms with van der Waals surface area (Å²) < 4.78 is 31.2. The Hall–Kier alpha value is -2.24. The molecule has 1 aromatic rings. The van der Waals surface area contributed by atoms with Gasteiger partial charge in [0.2, 0.25) is 5.91 Å². The van der Waals surface area contributed by atoms with Crippen LogP contribution in [-0.4, -0.2) is 19.0 Å². The number of ether oxygens (including phenoxy) is 1. The minimum Gasteiger partial charge on any atom is -0.465 e. The van der Waals surface area contributed by atoms with Gasteiger partial charge in [0.05, 0.1) is 7.11 Å². The molecule has 96 valence electrons. The molecule has 1 aromatic carbocycles. The molecule has 0 aliphatic rings. The van der Waals surface area contributed by atoms with Gasteiger partial charge in [-0.3, -0.25) is 4.79 Å². The summed E-state index contributed by atoms with van der Waals surface area (Å²) >= 11 is 0. The molecule has 0 saturated carbocycles. The Labute approximate surface area is 102 Å². The van der Waals surface area contributed by atoms with Gasteiger partial charge >= 0.3 is 5.97 Å². The summed E-state index contributed by atoms with van der Waals surface area (Å²) in [6.07, 6.45) is 2.66. The van der Waals surface area contributed by atoms with Crippen LogP contribution in [0, 0.1) is 11.6 Å². The van der Waals surface area contributed by atoms with E-state index in [-0.39, 0.29) is 12.0 Å². The first-order chi connectivity index (χ1) is 8.45. The number of rotatable bonds is 4. The van der Waals surface area contributed by atoms with Gasteiger partial charge in [-0.2, -0.15) is 0 Å². The molecule has 6 heteroatoms. The molecule has 0 saturated heterocycles. The van der Waals surface area contributed by atoms with E-state index in [9.17, 15) is 18.4 Å². The van der Waals surface area contributed by atoms with Gasteiger partial charge < -0.3 is 10.5 Å². The zero-order valence-electron chi connectivity index (χ0n) is 9.57. The Morgan fingerprint density at radius 3 is 2.33 bits per heavy atom. The van der Waals surface area contributed by atoms with Crippen LogP contribution in [0.2, 0.25) is 0 Å². The van der Waals surface area contributed by atoms with E-state index in [1.807, 2.05) is 0 Å². The van der Waals surface area contributed by atoms with Gasteiger partial charge in [-0.15, -0.1) is 0 Å². The lowest BCUT2D eigenvalue weighted by Gasteiger charge is -2.04. The van der Waals surface area contributed by atoms with Crippen molar-refractivity contribution in [2.75, 3.05) is 7.11 Å². The Kier molecular flexibility index (Phi) is 4.53. The van der Waals surface area contributed by atoms with Crippen molar-refractivity contribution in [3.63, 3.8) is 0 Å². The second kappa shape index (κ2) is 5.90. The first-order valence-corrected chi connectivity index (χ1v) is 4.98. The van der Waals surface area contributed by atoms with E-state index < -0.39 is 29.1 Å². The quantitative estimate of drug-likeness (QED) is 0.831. The van der Waals surface area contributed by atoms with Crippen LogP contribution in [0.1, 0.15) is 22.3 Å². The number of hydrogen-bond acceptors (Lipinski definition) is 3. The highest BCUT2D eigenvalue weighted by molar-refractivity contribution is 5.90. The van der Waals surface area contributed by atoms with E-state index in [2.05, 4.69) is 4.74 Å². The summed E-state index contributed by atoms with van der Waals surface area (Å²) in [4.78, 5) is 21.6. The number of carbonyl (C=O) groups excluding carboxylic acids is 2. The number of primary amides is 1. The largest absolute Gasteiger partial charge is 0.465 e. The summed E-state index contributed by atoms with van der Waals surface area (Å²) in [7, 11) is 1.03. The molecular weight excluding hydrogens is 244 g/mol. The first-order valence-electron chi connectivity index (χ1n) is 4.98. The van der Waals surface area contributed by atoms with Crippen molar-refractivity contribution in [3.8, 4) is 0 Å². The molecule has 18 heavy (non-hydrogen) atoms. The van der Waals surface area contributed by atoms with Crippen molar-refractivity contribution < 1.29 is 23.1 Å². The highest BCUT2D eigenvalue weighted by Crippen LogP contribution is 2.17. The summed E-state index contributed by atoms with van der Waals surface area (Å²) in [5, 5.41) is 0. The molecule has 0 heterocycles.